The van der Waals surface area contributed by atoms with Gasteiger partial charge in [-0.2, -0.15) is 5.26 Å². The highest BCUT2D eigenvalue weighted by Crippen LogP contribution is 2.20. The Bertz CT molecular complexity index is 712. The Kier molecular flexibility index (Phi) is 4.01. The van der Waals surface area contributed by atoms with Crippen molar-refractivity contribution in [2.45, 2.75) is 12.8 Å². The first-order valence-electron chi connectivity index (χ1n) is 7.29. The molecule has 1 N–H and O–H groups in total. The lowest BCUT2D eigenvalue weighted by Crippen LogP contribution is -2.19. The number of nitrogens with zero attached hydrogens (tertiary/aromatic N) is 3. The molecule has 5 nitrogen and oxygen atoms in total. The van der Waals surface area contributed by atoms with Crippen LogP contribution in [0.2, 0.25) is 0 Å². The van der Waals surface area contributed by atoms with Crippen LogP contribution in [0.4, 0.5) is 11.4 Å². The van der Waals surface area contributed by atoms with E-state index < -0.39 is 0 Å². The summed E-state index contributed by atoms with van der Waals surface area (Å²) < 4.78 is 0. The van der Waals surface area contributed by atoms with E-state index in [2.05, 4.69) is 15.2 Å². The number of amides is 1. The van der Waals surface area contributed by atoms with Crippen LogP contribution in [0.1, 0.15) is 28.9 Å². The van der Waals surface area contributed by atoms with Crippen molar-refractivity contribution in [3.05, 3.63) is 53.9 Å². The van der Waals surface area contributed by atoms with Crippen molar-refractivity contribution >= 4 is 17.3 Å². The maximum absolute atomic E-state index is 12.3. The van der Waals surface area contributed by atoms with Gasteiger partial charge in [0.2, 0.25) is 0 Å². The third-order valence-electron chi connectivity index (χ3n) is 3.72. The van der Waals surface area contributed by atoms with Crippen molar-refractivity contribution in [1.82, 2.24) is 4.98 Å². The standard InChI is InChI=1S/C17H16N4O/c18-12-13-3-5-14(6-4-13)20-17(22)16-11-15(7-8-19-16)21-9-1-2-10-21/h3-8,11H,1-2,9-10H2,(H,20,22). The van der Waals surface area contributed by atoms with E-state index in [1.54, 1.807) is 30.5 Å². The maximum atomic E-state index is 12.3. The molecule has 22 heavy (non-hydrogen) atoms. The molecule has 0 aliphatic carbocycles. The number of hydrogen-bond donors (Lipinski definition) is 1. The zero-order valence-electron chi connectivity index (χ0n) is 12.1. The van der Waals surface area contributed by atoms with E-state index in [1.165, 1.54) is 12.8 Å². The second kappa shape index (κ2) is 6.27. The lowest BCUT2D eigenvalue weighted by atomic mass is 10.2. The van der Waals surface area contributed by atoms with Crippen LogP contribution >= 0.6 is 0 Å². The van der Waals surface area contributed by atoms with E-state index >= 15 is 0 Å². The topological polar surface area (TPSA) is 69.0 Å². The number of nitriles is 1. The summed E-state index contributed by atoms with van der Waals surface area (Å²) in [6.07, 6.45) is 4.05. The van der Waals surface area contributed by atoms with Gasteiger partial charge < -0.3 is 10.2 Å². The fraction of sp³-hybridized carbons (Fsp3) is 0.235. The molecule has 1 aromatic carbocycles. The summed E-state index contributed by atoms with van der Waals surface area (Å²) in [4.78, 5) is 18.7. The quantitative estimate of drug-likeness (QED) is 0.944. The number of aromatic nitrogens is 1. The molecule has 0 saturated carbocycles. The Balaban J connectivity index is 1.74. The number of rotatable bonds is 3. The van der Waals surface area contributed by atoms with Crippen LogP contribution in [-0.2, 0) is 0 Å². The first-order chi connectivity index (χ1) is 10.8. The molecule has 110 valence electrons. The average molecular weight is 292 g/mol. The number of hydrogen-bond acceptors (Lipinski definition) is 4. The lowest BCUT2D eigenvalue weighted by Gasteiger charge is -2.17. The zero-order valence-corrected chi connectivity index (χ0v) is 12.1. The van der Waals surface area contributed by atoms with E-state index in [-0.39, 0.29) is 5.91 Å². The van der Waals surface area contributed by atoms with Crippen molar-refractivity contribution in [3.8, 4) is 6.07 Å². The number of nitrogens with one attached hydrogen (secondary N) is 1. The van der Waals surface area contributed by atoms with Gasteiger partial charge in [-0.05, 0) is 49.2 Å². The largest absolute Gasteiger partial charge is 0.371 e. The molecule has 1 aromatic heterocycles. The van der Waals surface area contributed by atoms with E-state index in [0.29, 0.717) is 16.9 Å². The highest BCUT2D eigenvalue weighted by Gasteiger charge is 2.15. The second-order valence-corrected chi connectivity index (χ2v) is 5.24. The van der Waals surface area contributed by atoms with Gasteiger partial charge in [0.15, 0.2) is 0 Å². The monoisotopic (exact) mass is 292 g/mol. The smallest absolute Gasteiger partial charge is 0.274 e. The third kappa shape index (κ3) is 3.07. The van der Waals surface area contributed by atoms with Gasteiger partial charge in [-0.25, -0.2) is 0 Å². The summed E-state index contributed by atoms with van der Waals surface area (Å²) >= 11 is 0. The summed E-state index contributed by atoms with van der Waals surface area (Å²) in [6.45, 7) is 2.06. The highest BCUT2D eigenvalue weighted by atomic mass is 16.1. The summed E-state index contributed by atoms with van der Waals surface area (Å²) in [5.41, 5.74) is 2.65. The number of benzene rings is 1. The van der Waals surface area contributed by atoms with E-state index in [4.69, 9.17) is 5.26 Å². The van der Waals surface area contributed by atoms with Crippen molar-refractivity contribution in [2.24, 2.45) is 0 Å². The molecule has 0 bridgehead atoms. The van der Waals surface area contributed by atoms with E-state index in [1.807, 2.05) is 18.2 Å². The van der Waals surface area contributed by atoms with Crippen molar-refractivity contribution in [3.63, 3.8) is 0 Å². The Labute approximate surface area is 129 Å². The maximum Gasteiger partial charge on any atom is 0.274 e. The van der Waals surface area contributed by atoms with Crippen LogP contribution in [0.5, 0.6) is 0 Å². The van der Waals surface area contributed by atoms with E-state index in [9.17, 15) is 4.79 Å². The fourth-order valence-corrected chi connectivity index (χ4v) is 2.54. The minimum absolute atomic E-state index is 0.245. The summed E-state index contributed by atoms with van der Waals surface area (Å²) in [6, 6.07) is 12.6. The molecular weight excluding hydrogens is 276 g/mol. The van der Waals surface area contributed by atoms with Gasteiger partial charge in [0.1, 0.15) is 5.69 Å². The minimum atomic E-state index is -0.245. The molecule has 5 heteroatoms. The van der Waals surface area contributed by atoms with Gasteiger partial charge >= 0.3 is 0 Å². The Morgan fingerprint density at radius 3 is 2.59 bits per heavy atom. The molecule has 0 atom stereocenters. The van der Waals surface area contributed by atoms with Crippen LogP contribution in [0.15, 0.2) is 42.6 Å². The molecule has 2 aromatic rings. The number of pyridine rings is 1. The predicted molar refractivity (Wildman–Crippen MR) is 84.8 cm³/mol. The molecule has 1 aliphatic rings. The Hall–Kier alpha value is -2.87. The summed E-state index contributed by atoms with van der Waals surface area (Å²) in [7, 11) is 0. The second-order valence-electron chi connectivity index (χ2n) is 5.24. The SMILES string of the molecule is N#Cc1ccc(NC(=O)c2cc(N3CCCC3)ccn2)cc1. The van der Waals surface area contributed by atoms with Crippen LogP contribution in [0.3, 0.4) is 0 Å². The van der Waals surface area contributed by atoms with Crippen LogP contribution < -0.4 is 10.2 Å². The van der Waals surface area contributed by atoms with E-state index in [0.717, 1.165) is 18.8 Å². The third-order valence-corrected chi connectivity index (χ3v) is 3.72. The van der Waals surface area contributed by atoms with Gasteiger partial charge in [0.05, 0.1) is 11.6 Å². The Morgan fingerprint density at radius 2 is 1.91 bits per heavy atom. The first-order valence-corrected chi connectivity index (χ1v) is 7.29. The molecule has 1 aliphatic heterocycles. The summed E-state index contributed by atoms with van der Waals surface area (Å²) in [5, 5.41) is 11.6. The highest BCUT2D eigenvalue weighted by molar-refractivity contribution is 6.03. The van der Waals surface area contributed by atoms with Gasteiger partial charge in [-0.3, -0.25) is 9.78 Å². The molecule has 1 amide bonds. The van der Waals surface area contributed by atoms with Crippen LogP contribution in [-0.4, -0.2) is 24.0 Å². The van der Waals surface area contributed by atoms with Gasteiger partial charge in [0.25, 0.3) is 5.91 Å². The average Bonchev–Trinajstić information content (AvgIpc) is 3.10. The van der Waals surface area contributed by atoms with Gasteiger partial charge in [-0.15, -0.1) is 0 Å². The van der Waals surface area contributed by atoms with Crippen LogP contribution in [0, 0.1) is 11.3 Å². The Morgan fingerprint density at radius 1 is 1.18 bits per heavy atom. The minimum Gasteiger partial charge on any atom is -0.371 e. The van der Waals surface area contributed by atoms with Crippen LogP contribution in [0.25, 0.3) is 0 Å². The van der Waals surface area contributed by atoms with Crippen molar-refractivity contribution in [2.75, 3.05) is 23.3 Å². The molecular formula is C17H16N4O. The number of carbonyl (C=O) groups excluding carboxylic acids is 1. The molecule has 3 rings (SSSR count). The van der Waals surface area contributed by atoms with Gasteiger partial charge in [0, 0.05) is 30.7 Å². The normalized spacial score (nSPS) is 13.7. The summed E-state index contributed by atoms with van der Waals surface area (Å²) in [5.74, 6) is -0.245. The van der Waals surface area contributed by atoms with Crippen molar-refractivity contribution in [1.29, 1.82) is 5.26 Å². The molecule has 2 heterocycles. The molecule has 1 fully saturated rings. The van der Waals surface area contributed by atoms with Crippen molar-refractivity contribution < 1.29 is 4.79 Å². The fourth-order valence-electron chi connectivity index (χ4n) is 2.54. The molecule has 0 unspecified atom stereocenters. The number of carbonyl (C=O) groups is 1. The lowest BCUT2D eigenvalue weighted by molar-refractivity contribution is 0.102. The molecule has 0 radical (unpaired) electrons. The zero-order chi connectivity index (χ0) is 15.4. The predicted octanol–water partition coefficient (Wildman–Crippen LogP) is 2.81. The number of anilines is 2. The molecule has 1 saturated heterocycles. The van der Waals surface area contributed by atoms with Gasteiger partial charge in [-0.1, -0.05) is 0 Å². The molecule has 0 spiro atoms. The first kappa shape index (κ1) is 14.1.